The van der Waals surface area contributed by atoms with Crippen molar-refractivity contribution in [3.63, 3.8) is 0 Å². The van der Waals surface area contributed by atoms with E-state index in [4.69, 9.17) is 24.3 Å². The van der Waals surface area contributed by atoms with Crippen LogP contribution in [0.25, 0.3) is 0 Å². The lowest BCUT2D eigenvalue weighted by Crippen LogP contribution is -2.29. The van der Waals surface area contributed by atoms with E-state index in [1.165, 1.54) is 25.7 Å². The summed E-state index contributed by atoms with van der Waals surface area (Å²) in [5.74, 6) is -1.50. The van der Waals surface area contributed by atoms with E-state index in [9.17, 15) is 34.4 Å². The number of ether oxygens (including phenoxy) is 2. The number of phosphoric acid groups is 1. The lowest BCUT2D eigenvalue weighted by atomic mass is 9.89. The van der Waals surface area contributed by atoms with Crippen molar-refractivity contribution < 1.29 is 52.9 Å². The van der Waals surface area contributed by atoms with Crippen LogP contribution in [0.5, 0.6) is 0 Å². The fourth-order valence-corrected chi connectivity index (χ4v) is 7.43. The summed E-state index contributed by atoms with van der Waals surface area (Å²) in [6.07, 6.45) is 38.8. The molecule has 13 heteroatoms. The van der Waals surface area contributed by atoms with Crippen molar-refractivity contribution in [2.24, 2.45) is 17.6 Å². The molecule has 0 amide bonds. The zero-order valence-electron chi connectivity index (χ0n) is 36.7. The molecule has 0 aliphatic heterocycles. The Morgan fingerprint density at radius 3 is 1.95 bits per heavy atom. The molecule has 1 aliphatic rings. The fourth-order valence-electron chi connectivity index (χ4n) is 6.67. The zero-order chi connectivity index (χ0) is 44.1. The first-order valence-electron chi connectivity index (χ1n) is 22.7. The average Bonchev–Trinajstić information content (AvgIpc) is 3.49. The normalized spacial score (nSPS) is 20.7. The molecule has 1 rings (SSSR count). The molecule has 0 saturated heterocycles. The largest absolute Gasteiger partial charge is 0.472 e. The van der Waals surface area contributed by atoms with Crippen LogP contribution in [0.2, 0.25) is 0 Å². The molecule has 0 heterocycles. The summed E-state index contributed by atoms with van der Waals surface area (Å²) in [6, 6.07) is 0. The van der Waals surface area contributed by atoms with Crippen molar-refractivity contribution in [3.05, 3.63) is 72.9 Å². The van der Waals surface area contributed by atoms with Gasteiger partial charge >= 0.3 is 19.8 Å². The van der Waals surface area contributed by atoms with Crippen molar-refractivity contribution in [3.8, 4) is 0 Å². The summed E-state index contributed by atoms with van der Waals surface area (Å²) in [7, 11) is -4.46. The minimum Gasteiger partial charge on any atom is -0.462 e. The van der Waals surface area contributed by atoms with E-state index in [0.29, 0.717) is 32.1 Å². The maximum atomic E-state index is 12.7. The number of hydrogen-bond acceptors (Lipinski definition) is 11. The predicted octanol–water partition coefficient (Wildman–Crippen LogP) is 9.43. The maximum absolute atomic E-state index is 12.7. The van der Waals surface area contributed by atoms with Crippen LogP contribution in [0.4, 0.5) is 0 Å². The molecule has 0 aromatic carbocycles. The third kappa shape index (κ3) is 30.4. The number of carbonyl (C=O) groups is 2. The Labute approximate surface area is 361 Å². The summed E-state index contributed by atoms with van der Waals surface area (Å²) in [4.78, 5) is 35.1. The van der Waals surface area contributed by atoms with Crippen LogP contribution in [0.1, 0.15) is 149 Å². The number of carbonyl (C=O) groups excluding carboxylic acids is 2. The van der Waals surface area contributed by atoms with Crippen LogP contribution in [0.15, 0.2) is 72.9 Å². The minimum absolute atomic E-state index is 0.00604. The average molecular weight is 866 g/mol. The minimum atomic E-state index is -4.46. The van der Waals surface area contributed by atoms with Gasteiger partial charge in [-0.1, -0.05) is 125 Å². The lowest BCUT2D eigenvalue weighted by Gasteiger charge is -2.20. The number of hydrogen-bond donors (Lipinski definition) is 5. The van der Waals surface area contributed by atoms with Crippen LogP contribution in [0, 0.1) is 11.8 Å². The van der Waals surface area contributed by atoms with Crippen LogP contribution in [0.3, 0.4) is 0 Å². The van der Waals surface area contributed by atoms with Crippen LogP contribution in [-0.4, -0.2) is 82.9 Å². The molecule has 60 heavy (non-hydrogen) atoms. The first-order chi connectivity index (χ1) is 29.0. The smallest absolute Gasteiger partial charge is 0.462 e. The van der Waals surface area contributed by atoms with Gasteiger partial charge in [-0.05, 0) is 83.0 Å². The monoisotopic (exact) mass is 866 g/mol. The number of nitrogens with two attached hydrogens (primary N) is 1. The molecule has 0 bridgehead atoms. The van der Waals surface area contributed by atoms with Gasteiger partial charge in [0.05, 0.1) is 31.5 Å². The molecule has 6 N–H and O–H groups in total. The van der Waals surface area contributed by atoms with Crippen molar-refractivity contribution in [2.45, 2.75) is 173 Å². The molecule has 7 atom stereocenters. The highest BCUT2D eigenvalue weighted by atomic mass is 31.2. The van der Waals surface area contributed by atoms with E-state index >= 15 is 0 Å². The molecule has 344 valence electrons. The molecule has 0 radical (unpaired) electrons. The van der Waals surface area contributed by atoms with Crippen molar-refractivity contribution in [1.82, 2.24) is 0 Å². The molecule has 1 fully saturated rings. The summed E-state index contributed by atoms with van der Waals surface area (Å²) >= 11 is 0. The second-order valence-electron chi connectivity index (χ2n) is 15.5. The van der Waals surface area contributed by atoms with Crippen LogP contribution >= 0.6 is 7.82 Å². The summed E-state index contributed by atoms with van der Waals surface area (Å²) in [5.41, 5.74) is 5.34. The number of unbranched alkanes of at least 4 members (excludes halogenated alkanes) is 9. The number of allylic oxidation sites excluding steroid dienone is 10. The molecular formula is C47H80NO11P. The number of rotatable bonds is 37. The van der Waals surface area contributed by atoms with Gasteiger partial charge in [-0.15, -0.1) is 0 Å². The Kier molecular flexibility index (Phi) is 34.1. The summed E-state index contributed by atoms with van der Waals surface area (Å²) in [6.45, 7) is 3.27. The van der Waals surface area contributed by atoms with Crippen molar-refractivity contribution in [1.29, 1.82) is 0 Å². The van der Waals surface area contributed by atoms with Crippen molar-refractivity contribution >= 4 is 19.8 Å². The van der Waals surface area contributed by atoms with Gasteiger partial charge in [0.1, 0.15) is 6.61 Å². The number of aliphatic hydroxyl groups excluding tert-OH is 3. The fraction of sp³-hybridized carbons (Fsp3) is 0.702. The Balaban J connectivity index is 2.42. The van der Waals surface area contributed by atoms with Gasteiger partial charge in [-0.25, -0.2) is 4.57 Å². The van der Waals surface area contributed by atoms with Gasteiger partial charge in [-0.2, -0.15) is 0 Å². The molecule has 1 unspecified atom stereocenters. The first-order valence-corrected chi connectivity index (χ1v) is 24.2. The van der Waals surface area contributed by atoms with E-state index < -0.39 is 50.8 Å². The van der Waals surface area contributed by atoms with E-state index in [1.54, 1.807) is 6.08 Å². The molecule has 0 spiro atoms. The molecular weight excluding hydrogens is 785 g/mol. The second-order valence-corrected chi connectivity index (χ2v) is 17.0. The predicted molar refractivity (Wildman–Crippen MR) is 240 cm³/mol. The Bertz CT molecular complexity index is 1330. The standard InChI is InChI=1S/C47H80NO11P/c1-3-5-7-8-9-10-11-12-13-14-15-16-17-18-19-20-21-22-27-31-46(52)56-38-41(39-58-60(54,55)57-36-35-48)59-47(53)32-28-24-23-26-30-42-43(45(51)37-44(42)50)34-33-40(49)29-25-6-4-2/h9-10,12-13,15-16,18-19,23,26,33-34,40-45,49-51H,3-8,11,14,17,20-22,24-25,27-32,35-39,48H2,1-2H3,(H,54,55)/b10-9-,13-12-,16-15-,19-18-,26-23+,34-33+/t40-,41+,42+,43+,44-,45+/m0/s1. The van der Waals surface area contributed by atoms with E-state index in [2.05, 4.69) is 62.5 Å². The highest BCUT2D eigenvalue weighted by molar-refractivity contribution is 7.47. The van der Waals surface area contributed by atoms with Gasteiger partial charge < -0.3 is 35.4 Å². The highest BCUT2D eigenvalue weighted by Crippen LogP contribution is 2.43. The van der Waals surface area contributed by atoms with Crippen LogP contribution in [-0.2, 0) is 32.7 Å². The molecule has 1 saturated carbocycles. The van der Waals surface area contributed by atoms with Gasteiger partial charge in [0, 0.05) is 31.7 Å². The molecule has 12 nitrogen and oxygen atoms in total. The lowest BCUT2D eigenvalue weighted by molar-refractivity contribution is -0.161. The van der Waals surface area contributed by atoms with E-state index in [-0.39, 0.29) is 50.9 Å². The Hall–Kier alpha value is -2.67. The van der Waals surface area contributed by atoms with Gasteiger partial charge in [0.25, 0.3) is 0 Å². The molecule has 0 aromatic rings. The molecule has 0 aromatic heterocycles. The number of esters is 2. The maximum Gasteiger partial charge on any atom is 0.472 e. The van der Waals surface area contributed by atoms with E-state index in [1.807, 2.05) is 18.2 Å². The third-order valence-electron chi connectivity index (χ3n) is 10.1. The Morgan fingerprint density at radius 1 is 0.717 bits per heavy atom. The SMILES string of the molecule is CCCCC/C=C\C/C=C\C/C=C\C/C=C\CCCCCC(=O)OC[C@H](COP(=O)(O)OCCN)OC(=O)CCC/C=C/C[C@@H]1[C@@H](/C=C/[C@@H](O)CCCCC)[C@H](O)C[C@@H]1O. The summed E-state index contributed by atoms with van der Waals surface area (Å²) < 4.78 is 32.7. The van der Waals surface area contributed by atoms with Gasteiger partial charge in [0.15, 0.2) is 6.10 Å². The van der Waals surface area contributed by atoms with Crippen LogP contribution < -0.4 is 5.73 Å². The van der Waals surface area contributed by atoms with Gasteiger partial charge in [-0.3, -0.25) is 18.6 Å². The quantitative estimate of drug-likeness (QED) is 0.0172. The number of aliphatic hydroxyl groups is 3. The van der Waals surface area contributed by atoms with Gasteiger partial charge in [0.2, 0.25) is 0 Å². The Morgan fingerprint density at radius 2 is 1.30 bits per heavy atom. The van der Waals surface area contributed by atoms with E-state index in [0.717, 1.165) is 57.8 Å². The third-order valence-corrected chi connectivity index (χ3v) is 11.1. The topological polar surface area (TPSA) is 195 Å². The molecule has 1 aliphatic carbocycles. The second kappa shape index (κ2) is 36.9. The van der Waals surface area contributed by atoms with Crippen molar-refractivity contribution in [2.75, 3.05) is 26.4 Å². The first kappa shape index (κ1) is 55.3. The number of phosphoric ester groups is 1. The zero-order valence-corrected chi connectivity index (χ0v) is 37.6. The summed E-state index contributed by atoms with van der Waals surface area (Å²) in [5, 5.41) is 31.3. The highest BCUT2D eigenvalue weighted by Gasteiger charge is 2.39.